The first kappa shape index (κ1) is 14.0. The molecule has 1 aromatic carbocycles. The van der Waals surface area contributed by atoms with Gasteiger partial charge < -0.3 is 5.32 Å². The summed E-state index contributed by atoms with van der Waals surface area (Å²) in [5.74, 6) is 0.669. The summed E-state index contributed by atoms with van der Waals surface area (Å²) in [7, 11) is -0.771. The number of anilines is 1. The van der Waals surface area contributed by atoms with Crippen molar-refractivity contribution in [2.75, 3.05) is 17.3 Å². The maximum Gasteiger partial charge on any atom is 0.0992 e. The van der Waals surface area contributed by atoms with E-state index >= 15 is 0 Å². The SMILES string of the molecule is CC(CCS(C)=O)Nc1ccc(C#N)cc1Cl. The van der Waals surface area contributed by atoms with Crippen LogP contribution in [0.4, 0.5) is 5.69 Å². The van der Waals surface area contributed by atoms with E-state index in [2.05, 4.69) is 5.32 Å². The topological polar surface area (TPSA) is 52.9 Å². The van der Waals surface area contributed by atoms with E-state index in [4.69, 9.17) is 16.9 Å². The van der Waals surface area contributed by atoms with Crippen molar-refractivity contribution >= 4 is 28.1 Å². The Kier molecular flexibility index (Phi) is 5.46. The van der Waals surface area contributed by atoms with E-state index in [0.29, 0.717) is 16.3 Å². The van der Waals surface area contributed by atoms with Gasteiger partial charge in [-0.25, -0.2) is 0 Å². The average molecular weight is 271 g/mol. The second-order valence-corrected chi connectivity index (χ2v) is 5.88. The van der Waals surface area contributed by atoms with Crippen molar-refractivity contribution in [2.24, 2.45) is 0 Å². The highest BCUT2D eigenvalue weighted by Gasteiger charge is 2.06. The Labute approximate surface area is 109 Å². The number of nitrogens with one attached hydrogen (secondary N) is 1. The van der Waals surface area contributed by atoms with Crippen LogP contribution >= 0.6 is 11.6 Å². The van der Waals surface area contributed by atoms with Gasteiger partial charge in [0.1, 0.15) is 0 Å². The molecule has 0 bridgehead atoms. The van der Waals surface area contributed by atoms with Gasteiger partial charge in [-0.05, 0) is 31.5 Å². The fourth-order valence-corrected chi connectivity index (χ4v) is 2.30. The molecule has 1 aromatic rings. The summed E-state index contributed by atoms with van der Waals surface area (Å²) < 4.78 is 11.0. The highest BCUT2D eigenvalue weighted by atomic mass is 35.5. The Balaban J connectivity index is 2.62. The standard InChI is InChI=1S/C12H15ClN2OS/c1-9(5-6-17(2)16)15-12-4-3-10(8-14)7-11(12)13/h3-4,7,9,15H,5-6H2,1-2H3. The molecule has 0 saturated heterocycles. The lowest BCUT2D eigenvalue weighted by molar-refractivity contribution is 0.678. The third-order valence-corrected chi connectivity index (χ3v) is 3.46. The van der Waals surface area contributed by atoms with E-state index < -0.39 is 10.8 Å². The molecule has 0 saturated carbocycles. The highest BCUT2D eigenvalue weighted by Crippen LogP contribution is 2.23. The van der Waals surface area contributed by atoms with Crippen LogP contribution < -0.4 is 5.32 Å². The van der Waals surface area contributed by atoms with Gasteiger partial charge in [0.25, 0.3) is 0 Å². The predicted octanol–water partition coefficient (Wildman–Crippen LogP) is 2.78. The van der Waals surface area contributed by atoms with E-state index in [-0.39, 0.29) is 6.04 Å². The van der Waals surface area contributed by atoms with Crippen molar-refractivity contribution in [3.8, 4) is 6.07 Å². The van der Waals surface area contributed by atoms with Gasteiger partial charge in [0, 0.05) is 28.9 Å². The zero-order chi connectivity index (χ0) is 12.8. The number of benzene rings is 1. The fraction of sp³-hybridized carbons (Fsp3) is 0.417. The van der Waals surface area contributed by atoms with Crippen LogP contribution in [-0.4, -0.2) is 22.3 Å². The quantitative estimate of drug-likeness (QED) is 0.895. The molecule has 2 unspecified atom stereocenters. The van der Waals surface area contributed by atoms with Crippen LogP contribution in [0.5, 0.6) is 0 Å². The Bertz CT molecular complexity index is 456. The van der Waals surface area contributed by atoms with Crippen LogP contribution in [-0.2, 0) is 10.8 Å². The number of halogens is 1. The monoisotopic (exact) mass is 270 g/mol. The van der Waals surface area contributed by atoms with E-state index in [0.717, 1.165) is 12.1 Å². The molecule has 0 amide bonds. The van der Waals surface area contributed by atoms with Crippen molar-refractivity contribution in [3.05, 3.63) is 28.8 Å². The van der Waals surface area contributed by atoms with E-state index in [1.165, 1.54) is 0 Å². The summed E-state index contributed by atoms with van der Waals surface area (Å²) in [6, 6.07) is 7.38. The van der Waals surface area contributed by atoms with Crippen LogP contribution in [0.15, 0.2) is 18.2 Å². The minimum absolute atomic E-state index is 0.198. The summed E-state index contributed by atoms with van der Waals surface area (Å²) in [6.45, 7) is 2.02. The molecule has 1 N–H and O–H groups in total. The number of rotatable bonds is 5. The summed E-state index contributed by atoms with van der Waals surface area (Å²) >= 11 is 6.04. The van der Waals surface area contributed by atoms with E-state index in [1.807, 2.05) is 13.0 Å². The van der Waals surface area contributed by atoms with Crippen LogP contribution in [0.2, 0.25) is 5.02 Å². The van der Waals surface area contributed by atoms with Crippen LogP contribution in [0.25, 0.3) is 0 Å². The molecule has 0 aliphatic rings. The molecule has 3 nitrogen and oxygen atoms in total. The van der Waals surface area contributed by atoms with Gasteiger partial charge >= 0.3 is 0 Å². The lowest BCUT2D eigenvalue weighted by Gasteiger charge is -2.15. The Morgan fingerprint density at radius 3 is 2.82 bits per heavy atom. The van der Waals surface area contributed by atoms with Gasteiger partial charge in [-0.2, -0.15) is 5.26 Å². The molecule has 1 rings (SSSR count). The molecule has 0 spiro atoms. The first-order valence-electron chi connectivity index (χ1n) is 5.29. The van der Waals surface area contributed by atoms with Crippen molar-refractivity contribution in [1.82, 2.24) is 0 Å². The minimum Gasteiger partial charge on any atom is -0.381 e. The Morgan fingerprint density at radius 2 is 2.29 bits per heavy atom. The molecule has 17 heavy (non-hydrogen) atoms. The molecule has 0 heterocycles. The van der Waals surface area contributed by atoms with Crippen LogP contribution in [0, 0.1) is 11.3 Å². The average Bonchev–Trinajstić information content (AvgIpc) is 2.29. The number of hydrogen-bond donors (Lipinski definition) is 1. The smallest absolute Gasteiger partial charge is 0.0992 e. The molecule has 5 heteroatoms. The van der Waals surface area contributed by atoms with Gasteiger partial charge in [0.15, 0.2) is 0 Å². The first-order chi connectivity index (χ1) is 8.02. The van der Waals surface area contributed by atoms with Gasteiger partial charge in [-0.3, -0.25) is 4.21 Å². The second-order valence-electron chi connectivity index (χ2n) is 3.92. The fourth-order valence-electron chi connectivity index (χ4n) is 1.38. The maximum atomic E-state index is 11.0. The molecule has 0 fully saturated rings. The third-order valence-electron chi connectivity index (χ3n) is 2.34. The first-order valence-corrected chi connectivity index (χ1v) is 7.39. The van der Waals surface area contributed by atoms with Crippen molar-refractivity contribution in [1.29, 1.82) is 5.26 Å². The zero-order valence-electron chi connectivity index (χ0n) is 9.87. The molecule has 0 aromatic heterocycles. The molecule has 92 valence electrons. The van der Waals surface area contributed by atoms with Crippen LogP contribution in [0.1, 0.15) is 18.9 Å². The zero-order valence-corrected chi connectivity index (χ0v) is 11.4. The van der Waals surface area contributed by atoms with E-state index in [9.17, 15) is 4.21 Å². The number of nitrogens with zero attached hydrogens (tertiary/aromatic N) is 1. The highest BCUT2D eigenvalue weighted by molar-refractivity contribution is 7.84. The van der Waals surface area contributed by atoms with Crippen molar-refractivity contribution < 1.29 is 4.21 Å². The Morgan fingerprint density at radius 1 is 1.59 bits per heavy atom. The van der Waals surface area contributed by atoms with Crippen molar-refractivity contribution in [2.45, 2.75) is 19.4 Å². The maximum absolute atomic E-state index is 11.0. The number of hydrogen-bond acceptors (Lipinski definition) is 3. The molecular formula is C12H15ClN2OS. The molecule has 2 atom stereocenters. The molecule has 0 aliphatic heterocycles. The largest absolute Gasteiger partial charge is 0.381 e. The predicted molar refractivity (Wildman–Crippen MR) is 72.8 cm³/mol. The minimum atomic E-state index is -0.771. The van der Waals surface area contributed by atoms with Crippen molar-refractivity contribution in [3.63, 3.8) is 0 Å². The summed E-state index contributed by atoms with van der Waals surface area (Å²) in [5.41, 5.74) is 1.35. The summed E-state index contributed by atoms with van der Waals surface area (Å²) in [4.78, 5) is 0. The molecular weight excluding hydrogens is 256 g/mol. The van der Waals surface area contributed by atoms with Gasteiger partial charge in [0.05, 0.1) is 22.3 Å². The summed E-state index contributed by atoms with van der Waals surface area (Å²) in [5, 5.41) is 12.5. The second kappa shape index (κ2) is 6.63. The summed E-state index contributed by atoms with van der Waals surface area (Å²) in [6.07, 6.45) is 2.51. The lowest BCUT2D eigenvalue weighted by Crippen LogP contribution is -2.18. The Hall–Kier alpha value is -1.05. The lowest BCUT2D eigenvalue weighted by atomic mass is 10.2. The van der Waals surface area contributed by atoms with Gasteiger partial charge in [-0.15, -0.1) is 0 Å². The number of nitriles is 1. The van der Waals surface area contributed by atoms with E-state index in [1.54, 1.807) is 24.5 Å². The van der Waals surface area contributed by atoms with Crippen LogP contribution in [0.3, 0.4) is 0 Å². The third kappa shape index (κ3) is 4.76. The van der Waals surface area contributed by atoms with Gasteiger partial charge in [-0.1, -0.05) is 11.6 Å². The molecule has 0 aliphatic carbocycles. The molecule has 0 radical (unpaired) electrons. The van der Waals surface area contributed by atoms with Gasteiger partial charge in [0.2, 0.25) is 0 Å². The normalized spacial score (nSPS) is 13.8.